The number of allylic oxidation sites excluding steroid dienone is 1. The van der Waals surface area contributed by atoms with E-state index in [1.807, 2.05) is 0 Å². The van der Waals surface area contributed by atoms with Crippen LogP contribution in [0.4, 0.5) is 0 Å². The number of aromatic nitrogens is 1. The van der Waals surface area contributed by atoms with Gasteiger partial charge in [-0.1, -0.05) is 30.4 Å². The quantitative estimate of drug-likeness (QED) is 0.851. The molecule has 1 aromatic heterocycles. The predicted octanol–water partition coefficient (Wildman–Crippen LogP) is 3.52. The Morgan fingerprint density at radius 1 is 1.22 bits per heavy atom. The van der Waals surface area contributed by atoms with Gasteiger partial charge in [-0.15, -0.1) is 0 Å². The topological polar surface area (TPSA) is 19.0 Å². The third-order valence-electron chi connectivity index (χ3n) is 3.93. The van der Waals surface area contributed by atoms with Crippen molar-refractivity contribution in [3.05, 3.63) is 42.1 Å². The molecular weight excluding hydrogens is 220 g/mol. The minimum absolute atomic E-state index is 0.745. The number of para-hydroxylation sites is 1. The summed E-state index contributed by atoms with van der Waals surface area (Å²) in [5, 5.41) is 1.32. The van der Waals surface area contributed by atoms with Crippen molar-refractivity contribution in [2.24, 2.45) is 5.92 Å². The van der Waals surface area contributed by atoms with Crippen molar-refractivity contribution >= 4 is 17.0 Å². The number of H-pyrrole nitrogens is 1. The van der Waals surface area contributed by atoms with Crippen LogP contribution in [0, 0.1) is 5.92 Å². The standard InChI is InChI=1S/C16H20N2/c1-18-10-8-13(9-11-18)6-7-14-12-17-16-5-3-2-4-15(14)16/h2-7,12-13,17H,8-11H2,1H3/b7-6+. The summed E-state index contributed by atoms with van der Waals surface area (Å²) in [7, 11) is 2.21. The molecule has 3 rings (SSSR count). The molecule has 1 aliphatic heterocycles. The largest absolute Gasteiger partial charge is 0.361 e. The first-order valence-electron chi connectivity index (χ1n) is 6.76. The summed E-state index contributed by atoms with van der Waals surface area (Å²) in [5.74, 6) is 0.745. The van der Waals surface area contributed by atoms with Gasteiger partial charge in [0.05, 0.1) is 0 Å². The molecule has 2 heteroatoms. The molecule has 0 radical (unpaired) electrons. The first-order chi connectivity index (χ1) is 8.83. The summed E-state index contributed by atoms with van der Waals surface area (Å²) in [6.07, 6.45) is 9.36. The molecule has 0 bridgehead atoms. The Hall–Kier alpha value is -1.54. The van der Waals surface area contributed by atoms with Crippen molar-refractivity contribution < 1.29 is 0 Å². The summed E-state index contributed by atoms with van der Waals surface area (Å²) >= 11 is 0. The van der Waals surface area contributed by atoms with Gasteiger partial charge in [0.25, 0.3) is 0 Å². The molecule has 1 fully saturated rings. The maximum Gasteiger partial charge on any atom is 0.0460 e. The van der Waals surface area contributed by atoms with Crippen LogP contribution in [-0.2, 0) is 0 Å². The molecule has 0 amide bonds. The van der Waals surface area contributed by atoms with E-state index in [-0.39, 0.29) is 0 Å². The number of likely N-dealkylation sites (tertiary alicyclic amines) is 1. The number of aromatic amines is 1. The second-order valence-electron chi connectivity index (χ2n) is 5.29. The van der Waals surface area contributed by atoms with Crippen LogP contribution in [0.15, 0.2) is 36.5 Å². The van der Waals surface area contributed by atoms with Crippen LogP contribution in [0.2, 0.25) is 0 Å². The molecule has 0 aliphatic carbocycles. The van der Waals surface area contributed by atoms with E-state index in [1.54, 1.807) is 0 Å². The Balaban J connectivity index is 1.76. The molecule has 1 saturated heterocycles. The monoisotopic (exact) mass is 240 g/mol. The van der Waals surface area contributed by atoms with E-state index in [4.69, 9.17) is 0 Å². The zero-order valence-corrected chi connectivity index (χ0v) is 10.9. The summed E-state index contributed by atoms with van der Waals surface area (Å²) < 4.78 is 0. The Morgan fingerprint density at radius 2 is 2.00 bits per heavy atom. The van der Waals surface area contributed by atoms with Gasteiger partial charge < -0.3 is 9.88 Å². The van der Waals surface area contributed by atoms with Crippen molar-refractivity contribution in [1.82, 2.24) is 9.88 Å². The highest BCUT2D eigenvalue weighted by molar-refractivity contribution is 5.88. The van der Waals surface area contributed by atoms with Crippen LogP contribution in [0.1, 0.15) is 18.4 Å². The van der Waals surface area contributed by atoms with Gasteiger partial charge in [-0.3, -0.25) is 0 Å². The Bertz CT molecular complexity index is 545. The van der Waals surface area contributed by atoms with Crippen molar-refractivity contribution in [1.29, 1.82) is 0 Å². The van der Waals surface area contributed by atoms with E-state index in [0.717, 1.165) is 5.92 Å². The lowest BCUT2D eigenvalue weighted by Crippen LogP contribution is -2.29. The minimum Gasteiger partial charge on any atom is -0.361 e. The zero-order valence-electron chi connectivity index (χ0n) is 10.9. The van der Waals surface area contributed by atoms with Crippen LogP contribution < -0.4 is 0 Å². The van der Waals surface area contributed by atoms with Crippen molar-refractivity contribution in [3.63, 3.8) is 0 Å². The van der Waals surface area contributed by atoms with E-state index in [2.05, 4.69) is 59.5 Å². The molecule has 0 atom stereocenters. The van der Waals surface area contributed by atoms with E-state index in [0.29, 0.717) is 0 Å². The van der Waals surface area contributed by atoms with Gasteiger partial charge in [0, 0.05) is 17.1 Å². The lowest BCUT2D eigenvalue weighted by molar-refractivity contribution is 0.244. The zero-order chi connectivity index (χ0) is 12.4. The number of piperidine rings is 1. The molecule has 2 nitrogen and oxygen atoms in total. The maximum absolute atomic E-state index is 3.32. The fourth-order valence-electron chi connectivity index (χ4n) is 2.69. The number of benzene rings is 1. The fourth-order valence-corrected chi connectivity index (χ4v) is 2.69. The molecule has 0 spiro atoms. The highest BCUT2D eigenvalue weighted by atomic mass is 15.1. The fraction of sp³-hybridized carbons (Fsp3) is 0.375. The molecule has 18 heavy (non-hydrogen) atoms. The summed E-state index contributed by atoms with van der Waals surface area (Å²) in [6.45, 7) is 2.45. The number of nitrogens with one attached hydrogen (secondary N) is 1. The molecule has 2 heterocycles. The predicted molar refractivity (Wildman–Crippen MR) is 77.6 cm³/mol. The Morgan fingerprint density at radius 3 is 2.83 bits per heavy atom. The average molecular weight is 240 g/mol. The van der Waals surface area contributed by atoms with Crippen molar-refractivity contribution in [2.45, 2.75) is 12.8 Å². The third-order valence-corrected chi connectivity index (χ3v) is 3.93. The molecule has 1 aliphatic rings. The number of hydrogen-bond donors (Lipinski definition) is 1. The molecule has 2 aromatic rings. The van der Waals surface area contributed by atoms with E-state index < -0.39 is 0 Å². The molecule has 1 aromatic carbocycles. The first kappa shape index (κ1) is 11.5. The van der Waals surface area contributed by atoms with Gasteiger partial charge in [0.15, 0.2) is 0 Å². The van der Waals surface area contributed by atoms with Gasteiger partial charge >= 0.3 is 0 Å². The molecule has 0 unspecified atom stereocenters. The number of nitrogens with zero attached hydrogens (tertiary/aromatic N) is 1. The van der Waals surface area contributed by atoms with E-state index >= 15 is 0 Å². The van der Waals surface area contributed by atoms with Crippen LogP contribution >= 0.6 is 0 Å². The Kier molecular flexibility index (Phi) is 3.20. The summed E-state index contributed by atoms with van der Waals surface area (Å²) in [6, 6.07) is 8.48. The van der Waals surface area contributed by atoms with Gasteiger partial charge in [0.2, 0.25) is 0 Å². The first-order valence-corrected chi connectivity index (χ1v) is 6.76. The molecule has 94 valence electrons. The number of fused-ring (bicyclic) bond motifs is 1. The highest BCUT2D eigenvalue weighted by Crippen LogP contribution is 2.22. The van der Waals surface area contributed by atoms with Crippen LogP contribution in [-0.4, -0.2) is 30.0 Å². The van der Waals surface area contributed by atoms with Crippen molar-refractivity contribution in [3.8, 4) is 0 Å². The minimum atomic E-state index is 0.745. The smallest absolute Gasteiger partial charge is 0.0460 e. The average Bonchev–Trinajstić information content (AvgIpc) is 2.82. The van der Waals surface area contributed by atoms with Crippen molar-refractivity contribution in [2.75, 3.05) is 20.1 Å². The number of rotatable bonds is 2. The highest BCUT2D eigenvalue weighted by Gasteiger charge is 2.13. The SMILES string of the molecule is CN1CCC(/C=C/c2c[nH]c3ccccc23)CC1. The maximum atomic E-state index is 3.32. The third kappa shape index (κ3) is 2.34. The summed E-state index contributed by atoms with van der Waals surface area (Å²) in [5.41, 5.74) is 2.53. The van der Waals surface area contributed by atoms with Gasteiger partial charge in [-0.25, -0.2) is 0 Å². The van der Waals surface area contributed by atoms with E-state index in [1.165, 1.54) is 42.4 Å². The van der Waals surface area contributed by atoms with Crippen LogP contribution in [0.25, 0.3) is 17.0 Å². The molecule has 1 N–H and O–H groups in total. The molecule has 0 saturated carbocycles. The summed E-state index contributed by atoms with van der Waals surface area (Å²) in [4.78, 5) is 5.74. The lowest BCUT2D eigenvalue weighted by Gasteiger charge is -2.26. The van der Waals surface area contributed by atoms with Gasteiger partial charge in [0.1, 0.15) is 0 Å². The Labute approximate surface area is 108 Å². The van der Waals surface area contributed by atoms with Gasteiger partial charge in [-0.05, 0) is 50.5 Å². The van der Waals surface area contributed by atoms with Crippen LogP contribution in [0.5, 0.6) is 0 Å². The van der Waals surface area contributed by atoms with E-state index in [9.17, 15) is 0 Å². The second-order valence-corrected chi connectivity index (χ2v) is 5.29. The second kappa shape index (κ2) is 4.99. The number of hydrogen-bond acceptors (Lipinski definition) is 1. The normalized spacial score (nSPS) is 18.9. The lowest BCUT2D eigenvalue weighted by atomic mass is 9.96. The molecular formula is C16H20N2. The van der Waals surface area contributed by atoms with Gasteiger partial charge in [-0.2, -0.15) is 0 Å². The van der Waals surface area contributed by atoms with Crippen LogP contribution in [0.3, 0.4) is 0 Å².